The normalized spacial score (nSPS) is 15.8. The van der Waals surface area contributed by atoms with Crippen LogP contribution in [0.25, 0.3) is 66.6 Å². The highest BCUT2D eigenvalue weighted by Gasteiger charge is 2.35. The zero-order valence-electron chi connectivity index (χ0n) is 33.6. The van der Waals surface area contributed by atoms with E-state index in [0.29, 0.717) is 57.5 Å². The summed E-state index contributed by atoms with van der Waals surface area (Å²) in [6.07, 6.45) is -2.90. The van der Waals surface area contributed by atoms with Crippen molar-refractivity contribution < 1.29 is 62.1 Å². The van der Waals surface area contributed by atoms with Gasteiger partial charge in [0, 0.05) is 44.3 Å². The van der Waals surface area contributed by atoms with E-state index in [9.17, 15) is 62.1 Å². The molecule has 7 aromatic rings. The summed E-state index contributed by atoms with van der Waals surface area (Å²) in [4.78, 5) is 15.1. The largest absolute Gasteiger partial charge is 0.384 e. The zero-order chi connectivity index (χ0) is 47.1. The average molecular weight is 971 g/mol. The maximum Gasteiger partial charge on any atom is 0.294 e. The Morgan fingerprint density at radius 1 is 0.364 bits per heavy atom. The number of H-pyrrole nitrogens is 2. The summed E-state index contributed by atoms with van der Waals surface area (Å²) in [5, 5.41) is 24.0. The smallest absolute Gasteiger partial charge is 0.294 e. The summed E-state index contributed by atoms with van der Waals surface area (Å²) in [7, 11) is -18.4. The summed E-state index contributed by atoms with van der Waals surface area (Å²) in [6.45, 7) is 0. The van der Waals surface area contributed by atoms with E-state index in [4.69, 9.17) is 9.97 Å². The summed E-state index contributed by atoms with van der Waals surface area (Å²) < 4.78 is 136. The standard InChI is InChI=1S/C44H34N4O14S4/c49-43-41-39(25-5-13-29(14-6-25)65(57,58)59)35-21-19-33(46-35)37(23-1-9-27(10-2-23)63(51,52)53)31-17-18-32(45-31)38(24-3-11-28(12-4-24)64(54,55)56)34-20-22-36(47-34)40(42(48-41)44(43)50)26-7-15-30(16-8-26)66(60,61)62/h1-16,19-22,43-44,46-47,49-50H,17-18H2,(H,51,52,53)(H,54,55,56)(H,57,58,59)(H,60,61,62)/t43-,44+. The SMILES string of the molecule is O=S(=O)(O)c1ccc(-c2c3nc(c(-c4ccc(S(=O)(=O)O)cc4)c4ccc([nH]4)c(-c4ccc(S(=O)(=O)O)cc4)c4nc(c(-c5ccc(S(=O)(=O)O)cc5)c5ccc2[nH]5)[C@@H](O)[C@H]4O)CC3)cc1. The van der Waals surface area contributed by atoms with Crippen LogP contribution < -0.4 is 0 Å². The van der Waals surface area contributed by atoms with Crippen LogP contribution in [0.4, 0.5) is 0 Å². The van der Waals surface area contributed by atoms with Gasteiger partial charge < -0.3 is 20.2 Å². The molecule has 4 aromatic carbocycles. The molecule has 0 amide bonds. The number of hydrogen-bond acceptors (Lipinski definition) is 12. The van der Waals surface area contributed by atoms with Gasteiger partial charge in [0.25, 0.3) is 40.5 Å². The number of aryl methyl sites for hydroxylation is 2. The van der Waals surface area contributed by atoms with E-state index in [1.54, 1.807) is 24.3 Å². The molecule has 0 aliphatic carbocycles. The van der Waals surface area contributed by atoms with Crippen LogP contribution in [0.15, 0.2) is 141 Å². The Hall–Kier alpha value is -6.44. The maximum atomic E-state index is 12.1. The van der Waals surface area contributed by atoms with Crippen molar-refractivity contribution in [3.8, 4) is 44.5 Å². The van der Waals surface area contributed by atoms with E-state index in [2.05, 4.69) is 9.97 Å². The molecule has 5 heterocycles. The summed E-state index contributed by atoms with van der Waals surface area (Å²) in [6, 6.07) is 27.5. The second-order valence-corrected chi connectivity index (χ2v) is 21.0. The van der Waals surface area contributed by atoms with Crippen molar-refractivity contribution in [3.63, 3.8) is 0 Å². The van der Waals surface area contributed by atoms with Gasteiger partial charge in [-0.3, -0.25) is 28.2 Å². The molecule has 8 N–H and O–H groups in total. The molecule has 2 aliphatic heterocycles. The van der Waals surface area contributed by atoms with E-state index >= 15 is 0 Å². The lowest BCUT2D eigenvalue weighted by Gasteiger charge is -2.13. The first-order chi connectivity index (χ1) is 31.1. The number of fused-ring (bicyclic) bond motifs is 8. The van der Waals surface area contributed by atoms with Crippen LogP contribution in [0.3, 0.4) is 0 Å². The first-order valence-electron chi connectivity index (χ1n) is 19.5. The highest BCUT2D eigenvalue weighted by molar-refractivity contribution is 7.86. The van der Waals surface area contributed by atoms with Gasteiger partial charge in [-0.15, -0.1) is 0 Å². The molecule has 3 aromatic heterocycles. The lowest BCUT2D eigenvalue weighted by molar-refractivity contribution is 0.0260. The average Bonchev–Trinajstić information content (AvgIpc) is 4.09. The predicted octanol–water partition coefficient (Wildman–Crippen LogP) is 6.52. The van der Waals surface area contributed by atoms with Crippen molar-refractivity contribution in [1.29, 1.82) is 0 Å². The summed E-state index contributed by atoms with van der Waals surface area (Å²) >= 11 is 0. The number of aromatic amines is 2. The molecule has 0 saturated carbocycles. The third kappa shape index (κ3) is 8.34. The molecule has 2 aliphatic rings. The van der Waals surface area contributed by atoms with Gasteiger partial charge in [-0.05, 0) is 108 Å². The van der Waals surface area contributed by atoms with E-state index in [1.165, 1.54) is 72.8 Å². The number of aliphatic hydroxyl groups excluding tert-OH is 2. The maximum absolute atomic E-state index is 12.1. The first kappa shape index (κ1) is 44.7. The molecule has 8 bridgehead atoms. The van der Waals surface area contributed by atoms with Gasteiger partial charge in [-0.2, -0.15) is 33.7 Å². The van der Waals surface area contributed by atoms with Crippen LogP contribution in [0.5, 0.6) is 0 Å². The van der Waals surface area contributed by atoms with Crippen LogP contribution in [-0.4, -0.2) is 82.0 Å². The fourth-order valence-corrected chi connectivity index (χ4v) is 10.1. The van der Waals surface area contributed by atoms with Gasteiger partial charge in [-0.25, -0.2) is 0 Å². The number of hydrogen-bond donors (Lipinski definition) is 8. The molecule has 0 unspecified atom stereocenters. The number of aliphatic hydroxyl groups is 2. The molecular formula is C44H34N4O14S4. The van der Waals surface area contributed by atoms with E-state index in [0.717, 1.165) is 24.3 Å². The van der Waals surface area contributed by atoms with Gasteiger partial charge in [0.2, 0.25) is 0 Å². The summed E-state index contributed by atoms with van der Waals surface area (Å²) in [5.41, 5.74) is 4.96. The van der Waals surface area contributed by atoms with Crippen LogP contribution in [0.2, 0.25) is 0 Å². The molecule has 338 valence electrons. The molecule has 0 saturated heterocycles. The van der Waals surface area contributed by atoms with Crippen molar-refractivity contribution in [3.05, 3.63) is 144 Å². The van der Waals surface area contributed by atoms with Gasteiger partial charge in [0.1, 0.15) is 12.2 Å². The minimum Gasteiger partial charge on any atom is -0.384 e. The Balaban J connectivity index is 1.46. The Kier molecular flexibility index (Phi) is 11.0. The highest BCUT2D eigenvalue weighted by Crippen LogP contribution is 2.44. The second-order valence-electron chi connectivity index (χ2n) is 15.3. The third-order valence-corrected chi connectivity index (χ3v) is 14.7. The lowest BCUT2D eigenvalue weighted by atomic mass is 9.97. The number of nitrogens with zero attached hydrogens (tertiary/aromatic N) is 2. The van der Waals surface area contributed by atoms with Crippen LogP contribution >= 0.6 is 0 Å². The van der Waals surface area contributed by atoms with Gasteiger partial charge in [-0.1, -0.05) is 48.5 Å². The van der Waals surface area contributed by atoms with Gasteiger partial charge in [0.05, 0.1) is 42.4 Å². The van der Waals surface area contributed by atoms with E-state index in [-0.39, 0.29) is 54.5 Å². The van der Waals surface area contributed by atoms with Crippen molar-refractivity contribution in [2.45, 2.75) is 44.6 Å². The fraction of sp³-hybridized carbons (Fsp3) is 0.0909. The quantitative estimate of drug-likeness (QED) is 0.0751. The Morgan fingerprint density at radius 2 is 0.606 bits per heavy atom. The van der Waals surface area contributed by atoms with Crippen LogP contribution in [0, 0.1) is 0 Å². The van der Waals surface area contributed by atoms with Crippen molar-refractivity contribution in [2.24, 2.45) is 0 Å². The second kappa shape index (κ2) is 16.2. The monoisotopic (exact) mass is 970 g/mol. The van der Waals surface area contributed by atoms with Crippen LogP contribution in [0.1, 0.15) is 35.0 Å². The highest BCUT2D eigenvalue weighted by atomic mass is 32.2. The Labute approximate surface area is 376 Å². The minimum absolute atomic E-state index is 0.101. The number of rotatable bonds is 8. The van der Waals surface area contributed by atoms with Gasteiger partial charge >= 0.3 is 0 Å². The van der Waals surface area contributed by atoms with Crippen molar-refractivity contribution >= 4 is 62.5 Å². The molecule has 0 fully saturated rings. The molecule has 18 nitrogen and oxygen atoms in total. The lowest BCUT2D eigenvalue weighted by Crippen LogP contribution is -2.05. The van der Waals surface area contributed by atoms with E-state index < -0.39 is 62.5 Å². The van der Waals surface area contributed by atoms with Crippen LogP contribution in [-0.2, 0) is 53.3 Å². The molecule has 0 radical (unpaired) electrons. The van der Waals surface area contributed by atoms with E-state index in [1.807, 2.05) is 0 Å². The number of nitrogens with one attached hydrogen (secondary N) is 2. The topological polar surface area (TPSA) is 315 Å². The number of benzene rings is 4. The molecule has 66 heavy (non-hydrogen) atoms. The van der Waals surface area contributed by atoms with Crippen molar-refractivity contribution in [1.82, 2.24) is 19.9 Å². The molecule has 0 spiro atoms. The fourth-order valence-electron chi connectivity index (χ4n) is 8.23. The zero-order valence-corrected chi connectivity index (χ0v) is 36.9. The van der Waals surface area contributed by atoms with Gasteiger partial charge in [0.15, 0.2) is 0 Å². The Bertz CT molecular complexity index is 3520. The first-order valence-corrected chi connectivity index (χ1v) is 25.3. The Morgan fingerprint density at radius 3 is 0.864 bits per heavy atom. The molecule has 9 rings (SSSR count). The molecule has 2 atom stereocenters. The van der Waals surface area contributed by atoms with Crippen molar-refractivity contribution in [2.75, 3.05) is 0 Å². The minimum atomic E-state index is -4.63. The molecule has 22 heteroatoms. The third-order valence-electron chi connectivity index (χ3n) is 11.3. The summed E-state index contributed by atoms with van der Waals surface area (Å²) in [5.74, 6) is 0. The predicted molar refractivity (Wildman–Crippen MR) is 239 cm³/mol. The molecular weight excluding hydrogens is 937 g/mol. The number of aromatic nitrogens is 4.